The van der Waals surface area contributed by atoms with E-state index in [9.17, 15) is 14.0 Å². The van der Waals surface area contributed by atoms with Crippen molar-refractivity contribution >= 4 is 17.7 Å². The summed E-state index contributed by atoms with van der Waals surface area (Å²) in [5, 5.41) is 11.4. The van der Waals surface area contributed by atoms with Crippen molar-refractivity contribution in [1.29, 1.82) is 0 Å². The molecular formula is C15H21FN2O3. The van der Waals surface area contributed by atoms with Gasteiger partial charge >= 0.3 is 12.0 Å². The number of carbonyl (C=O) groups is 2. The summed E-state index contributed by atoms with van der Waals surface area (Å²) in [4.78, 5) is 24.6. The fourth-order valence-corrected chi connectivity index (χ4v) is 2.07. The van der Waals surface area contributed by atoms with Crippen LogP contribution in [0.5, 0.6) is 0 Å². The molecule has 0 aliphatic heterocycles. The predicted octanol–water partition coefficient (Wildman–Crippen LogP) is 3.42. The molecule has 0 bridgehead atoms. The largest absolute Gasteiger partial charge is 0.478 e. The third-order valence-corrected chi connectivity index (χ3v) is 3.27. The summed E-state index contributed by atoms with van der Waals surface area (Å²) in [6.45, 7) is 5.97. The number of nitrogens with zero attached hydrogens (tertiary/aromatic N) is 1. The molecule has 116 valence electrons. The van der Waals surface area contributed by atoms with Gasteiger partial charge in [0.15, 0.2) is 0 Å². The molecule has 0 aliphatic carbocycles. The molecular weight excluding hydrogens is 275 g/mol. The first-order valence-electron chi connectivity index (χ1n) is 6.79. The molecule has 1 aromatic rings. The summed E-state index contributed by atoms with van der Waals surface area (Å²) in [7, 11) is 1.60. The summed E-state index contributed by atoms with van der Waals surface area (Å²) in [6.07, 6.45) is 0.799. The van der Waals surface area contributed by atoms with Crippen LogP contribution in [0.25, 0.3) is 0 Å². The number of para-hydroxylation sites is 1. The van der Waals surface area contributed by atoms with Gasteiger partial charge in [-0.25, -0.2) is 14.0 Å². The average molecular weight is 296 g/mol. The molecule has 0 saturated heterocycles. The number of carboxylic acid groups (broad SMARTS) is 1. The Morgan fingerprint density at radius 1 is 1.33 bits per heavy atom. The monoisotopic (exact) mass is 296 g/mol. The standard InChI is InChI=1S/C15H21FN2O3/c1-9(2)8-10(3)18(4)15(21)17-13-11(14(19)20)6-5-7-12(13)16/h5-7,9-10H,8H2,1-4H3,(H,17,21)(H,19,20). The van der Waals surface area contributed by atoms with E-state index in [1.807, 2.05) is 20.8 Å². The van der Waals surface area contributed by atoms with E-state index in [2.05, 4.69) is 5.32 Å². The fourth-order valence-electron chi connectivity index (χ4n) is 2.07. The van der Waals surface area contributed by atoms with Crippen LogP contribution in [0.15, 0.2) is 18.2 Å². The van der Waals surface area contributed by atoms with Crippen molar-refractivity contribution in [3.05, 3.63) is 29.6 Å². The van der Waals surface area contributed by atoms with E-state index in [-0.39, 0.29) is 17.3 Å². The molecule has 0 heterocycles. The minimum atomic E-state index is -1.29. The van der Waals surface area contributed by atoms with Crippen LogP contribution in [0.3, 0.4) is 0 Å². The molecule has 2 N–H and O–H groups in total. The molecule has 2 amide bonds. The van der Waals surface area contributed by atoms with Crippen LogP contribution >= 0.6 is 0 Å². The number of halogens is 1. The molecule has 1 atom stereocenters. The number of amides is 2. The summed E-state index contributed by atoms with van der Waals surface area (Å²) in [5.74, 6) is -1.64. The molecule has 1 unspecified atom stereocenters. The zero-order valence-corrected chi connectivity index (χ0v) is 12.7. The Bertz CT molecular complexity index is 532. The van der Waals surface area contributed by atoms with Crippen molar-refractivity contribution in [2.75, 3.05) is 12.4 Å². The van der Waals surface area contributed by atoms with E-state index >= 15 is 0 Å². The van der Waals surface area contributed by atoms with Gasteiger partial charge in [0, 0.05) is 13.1 Å². The minimum Gasteiger partial charge on any atom is -0.478 e. The van der Waals surface area contributed by atoms with E-state index < -0.39 is 17.8 Å². The van der Waals surface area contributed by atoms with Gasteiger partial charge in [0.25, 0.3) is 0 Å². The molecule has 1 aromatic carbocycles. The first kappa shape index (κ1) is 16.9. The average Bonchev–Trinajstić information content (AvgIpc) is 2.38. The molecule has 0 aromatic heterocycles. The van der Waals surface area contributed by atoms with Crippen molar-refractivity contribution in [1.82, 2.24) is 4.90 Å². The van der Waals surface area contributed by atoms with E-state index in [0.29, 0.717) is 5.92 Å². The number of anilines is 1. The Morgan fingerprint density at radius 3 is 2.48 bits per heavy atom. The molecule has 0 saturated carbocycles. The zero-order valence-electron chi connectivity index (χ0n) is 12.7. The van der Waals surface area contributed by atoms with Crippen LogP contribution in [0.4, 0.5) is 14.9 Å². The maximum Gasteiger partial charge on any atom is 0.337 e. The summed E-state index contributed by atoms with van der Waals surface area (Å²) in [5.41, 5.74) is -0.577. The van der Waals surface area contributed by atoms with E-state index in [1.54, 1.807) is 7.05 Å². The molecule has 0 aliphatic rings. The van der Waals surface area contributed by atoms with Gasteiger partial charge in [-0.15, -0.1) is 0 Å². The first-order valence-corrected chi connectivity index (χ1v) is 6.79. The highest BCUT2D eigenvalue weighted by Crippen LogP contribution is 2.21. The highest BCUT2D eigenvalue weighted by molar-refractivity contribution is 6.00. The number of carboxylic acids is 1. The zero-order chi connectivity index (χ0) is 16.2. The van der Waals surface area contributed by atoms with Gasteiger partial charge in [-0.3, -0.25) is 0 Å². The summed E-state index contributed by atoms with van der Waals surface area (Å²) >= 11 is 0. The second-order valence-corrected chi connectivity index (χ2v) is 5.49. The van der Waals surface area contributed by atoms with E-state index in [0.717, 1.165) is 12.5 Å². The third kappa shape index (κ3) is 4.44. The highest BCUT2D eigenvalue weighted by Gasteiger charge is 2.21. The smallest absolute Gasteiger partial charge is 0.337 e. The fraction of sp³-hybridized carbons (Fsp3) is 0.467. The van der Waals surface area contributed by atoms with Gasteiger partial charge in [-0.2, -0.15) is 0 Å². The van der Waals surface area contributed by atoms with Crippen LogP contribution in [0, 0.1) is 11.7 Å². The maximum atomic E-state index is 13.7. The van der Waals surface area contributed by atoms with E-state index in [4.69, 9.17) is 5.11 Å². The van der Waals surface area contributed by atoms with Gasteiger partial charge in [0.05, 0.1) is 11.3 Å². The van der Waals surface area contributed by atoms with Crippen LogP contribution in [-0.2, 0) is 0 Å². The van der Waals surface area contributed by atoms with Crippen LogP contribution in [-0.4, -0.2) is 35.1 Å². The molecule has 21 heavy (non-hydrogen) atoms. The number of hydrogen-bond acceptors (Lipinski definition) is 2. The lowest BCUT2D eigenvalue weighted by Crippen LogP contribution is -2.39. The topological polar surface area (TPSA) is 69.6 Å². The molecule has 6 heteroatoms. The van der Waals surface area contributed by atoms with Gasteiger partial charge in [0.2, 0.25) is 0 Å². The molecule has 0 radical (unpaired) electrons. The Balaban J connectivity index is 2.91. The lowest BCUT2D eigenvalue weighted by atomic mass is 10.0. The lowest BCUT2D eigenvalue weighted by Gasteiger charge is -2.26. The third-order valence-electron chi connectivity index (χ3n) is 3.27. The first-order chi connectivity index (χ1) is 9.73. The van der Waals surface area contributed by atoms with Crippen LogP contribution in [0.1, 0.15) is 37.6 Å². The number of urea groups is 1. The lowest BCUT2D eigenvalue weighted by molar-refractivity contribution is 0.0697. The van der Waals surface area contributed by atoms with Crippen LogP contribution < -0.4 is 5.32 Å². The highest BCUT2D eigenvalue weighted by atomic mass is 19.1. The SMILES string of the molecule is CC(C)CC(C)N(C)C(=O)Nc1c(F)cccc1C(=O)O. The number of nitrogens with one attached hydrogen (secondary N) is 1. The minimum absolute atomic E-state index is 0.0370. The van der Waals surface area contributed by atoms with Gasteiger partial charge in [-0.1, -0.05) is 19.9 Å². The van der Waals surface area contributed by atoms with Crippen molar-refractivity contribution in [3.8, 4) is 0 Å². The van der Waals surface area contributed by atoms with Gasteiger partial charge in [0.1, 0.15) is 5.82 Å². The van der Waals surface area contributed by atoms with Crippen molar-refractivity contribution in [2.24, 2.45) is 5.92 Å². The number of carbonyl (C=O) groups excluding carboxylic acids is 1. The number of rotatable bonds is 5. The number of aromatic carboxylic acids is 1. The quantitative estimate of drug-likeness (QED) is 0.874. The molecule has 0 spiro atoms. The molecule has 1 rings (SSSR count). The Morgan fingerprint density at radius 2 is 1.95 bits per heavy atom. The number of benzene rings is 1. The van der Waals surface area contributed by atoms with E-state index in [1.165, 1.54) is 17.0 Å². The predicted molar refractivity (Wildman–Crippen MR) is 79.1 cm³/mol. The Kier molecular flexibility index (Phi) is 5.69. The molecule has 0 fully saturated rings. The summed E-state index contributed by atoms with van der Waals surface area (Å²) in [6, 6.07) is 3.08. The Hall–Kier alpha value is -2.11. The van der Waals surface area contributed by atoms with Gasteiger partial charge < -0.3 is 15.3 Å². The van der Waals surface area contributed by atoms with Crippen LogP contribution in [0.2, 0.25) is 0 Å². The summed E-state index contributed by atoms with van der Waals surface area (Å²) < 4.78 is 13.7. The number of hydrogen-bond donors (Lipinski definition) is 2. The van der Waals surface area contributed by atoms with Crippen molar-refractivity contribution in [2.45, 2.75) is 33.2 Å². The Labute approximate surface area is 123 Å². The second-order valence-electron chi connectivity index (χ2n) is 5.49. The second kappa shape index (κ2) is 7.06. The normalized spacial score (nSPS) is 12.1. The van der Waals surface area contributed by atoms with Gasteiger partial charge in [-0.05, 0) is 31.4 Å². The van der Waals surface area contributed by atoms with Crippen molar-refractivity contribution in [3.63, 3.8) is 0 Å². The van der Waals surface area contributed by atoms with Crippen molar-refractivity contribution < 1.29 is 19.1 Å². The maximum absolute atomic E-state index is 13.7. The molecule has 5 nitrogen and oxygen atoms in total.